The van der Waals surface area contributed by atoms with Gasteiger partial charge in [0.15, 0.2) is 11.0 Å². The first-order valence-corrected chi connectivity index (χ1v) is 10.5. The molecule has 0 aliphatic rings. The van der Waals surface area contributed by atoms with Gasteiger partial charge in [0.2, 0.25) is 5.91 Å². The van der Waals surface area contributed by atoms with E-state index < -0.39 is 0 Å². The van der Waals surface area contributed by atoms with Gasteiger partial charge in [0.25, 0.3) is 0 Å². The highest BCUT2D eigenvalue weighted by atomic mass is 35.5. The van der Waals surface area contributed by atoms with Crippen LogP contribution in [0.15, 0.2) is 53.8 Å². The Morgan fingerprint density at radius 3 is 2.62 bits per heavy atom. The summed E-state index contributed by atoms with van der Waals surface area (Å²) in [6, 6.07) is 13.2. The molecular formula is C20H23ClN6OS. The maximum Gasteiger partial charge on any atom is 0.230 e. The third kappa shape index (κ3) is 5.56. The second-order valence-electron chi connectivity index (χ2n) is 6.68. The van der Waals surface area contributed by atoms with Crippen molar-refractivity contribution < 1.29 is 4.79 Å². The van der Waals surface area contributed by atoms with E-state index in [1.807, 2.05) is 61.1 Å². The molecule has 0 bridgehead atoms. The maximum atomic E-state index is 12.3. The normalized spacial score (nSPS) is 12.2. The molecule has 9 heteroatoms. The molecule has 29 heavy (non-hydrogen) atoms. The topological polar surface area (TPSA) is 75.9 Å². The second-order valence-corrected chi connectivity index (χ2v) is 8.06. The average molecular weight is 431 g/mol. The molecule has 0 fully saturated rings. The summed E-state index contributed by atoms with van der Waals surface area (Å²) in [5.41, 5.74) is 1.72. The molecule has 0 spiro atoms. The number of benzene rings is 1. The Balaban J connectivity index is 1.74. The van der Waals surface area contributed by atoms with Gasteiger partial charge in [-0.1, -0.05) is 29.4 Å². The van der Waals surface area contributed by atoms with Gasteiger partial charge < -0.3 is 5.32 Å². The van der Waals surface area contributed by atoms with E-state index >= 15 is 0 Å². The van der Waals surface area contributed by atoms with E-state index in [-0.39, 0.29) is 17.7 Å². The zero-order valence-electron chi connectivity index (χ0n) is 16.5. The van der Waals surface area contributed by atoms with Gasteiger partial charge in [-0.05, 0) is 57.4 Å². The van der Waals surface area contributed by atoms with E-state index in [1.165, 1.54) is 11.8 Å². The molecule has 0 radical (unpaired) electrons. The highest BCUT2D eigenvalue weighted by Gasteiger charge is 2.21. The summed E-state index contributed by atoms with van der Waals surface area (Å²) >= 11 is 7.39. The molecule has 0 saturated heterocycles. The van der Waals surface area contributed by atoms with Gasteiger partial charge in [-0.3, -0.25) is 19.2 Å². The van der Waals surface area contributed by atoms with Crippen molar-refractivity contribution in [3.05, 3.63) is 65.2 Å². The zero-order chi connectivity index (χ0) is 20.8. The first-order chi connectivity index (χ1) is 14.0. The van der Waals surface area contributed by atoms with Gasteiger partial charge in [-0.15, -0.1) is 10.2 Å². The molecule has 3 aromatic rings. The lowest BCUT2D eigenvalue weighted by molar-refractivity contribution is -0.118. The fourth-order valence-corrected chi connectivity index (χ4v) is 3.50. The number of halogens is 1. The van der Waals surface area contributed by atoms with Crippen LogP contribution in [0.2, 0.25) is 5.02 Å². The standard InChI is InChI=1S/C20H23ClN6OS/c1-14(26(2)3)19-24-25-20(27(19)17-9-7-15(21)8-10-17)29-13-18(28)23-12-16-6-4-5-11-22-16/h4-11,14H,12-13H2,1-3H3,(H,23,28). The van der Waals surface area contributed by atoms with E-state index in [1.54, 1.807) is 6.20 Å². The van der Waals surface area contributed by atoms with Gasteiger partial charge in [0.05, 0.1) is 24.0 Å². The minimum absolute atomic E-state index is 0.0468. The van der Waals surface area contributed by atoms with Crippen LogP contribution in [-0.4, -0.2) is 50.4 Å². The van der Waals surface area contributed by atoms with Crippen LogP contribution < -0.4 is 5.32 Å². The lowest BCUT2D eigenvalue weighted by Gasteiger charge is -2.20. The molecule has 1 atom stereocenters. The Bertz CT molecular complexity index is 945. The Hall–Kier alpha value is -2.42. The van der Waals surface area contributed by atoms with E-state index in [4.69, 9.17) is 11.6 Å². The van der Waals surface area contributed by atoms with E-state index in [0.717, 1.165) is 17.2 Å². The van der Waals surface area contributed by atoms with Crippen LogP contribution >= 0.6 is 23.4 Å². The number of rotatable bonds is 8. The number of hydrogen-bond donors (Lipinski definition) is 1. The number of nitrogens with zero attached hydrogens (tertiary/aromatic N) is 5. The van der Waals surface area contributed by atoms with Gasteiger partial charge in [-0.25, -0.2) is 0 Å². The first-order valence-electron chi connectivity index (χ1n) is 9.13. The molecule has 1 aromatic carbocycles. The molecule has 1 N–H and O–H groups in total. The summed E-state index contributed by atoms with van der Waals surface area (Å²) in [5.74, 6) is 0.941. The third-order valence-electron chi connectivity index (χ3n) is 4.42. The highest BCUT2D eigenvalue weighted by Crippen LogP contribution is 2.27. The van der Waals surface area contributed by atoms with Crippen LogP contribution in [0, 0.1) is 0 Å². The van der Waals surface area contributed by atoms with Crippen LogP contribution in [0.5, 0.6) is 0 Å². The third-order valence-corrected chi connectivity index (χ3v) is 5.60. The summed E-state index contributed by atoms with van der Waals surface area (Å²) < 4.78 is 1.97. The number of thioether (sulfide) groups is 1. The number of amides is 1. The summed E-state index contributed by atoms with van der Waals surface area (Å²) in [4.78, 5) is 18.6. The monoisotopic (exact) mass is 430 g/mol. The van der Waals surface area contributed by atoms with Crippen molar-refractivity contribution in [2.24, 2.45) is 0 Å². The van der Waals surface area contributed by atoms with Crippen LogP contribution in [0.3, 0.4) is 0 Å². The van der Waals surface area contributed by atoms with Crippen LogP contribution in [0.25, 0.3) is 5.69 Å². The molecule has 1 unspecified atom stereocenters. The van der Waals surface area contributed by atoms with E-state index in [2.05, 4.69) is 32.3 Å². The summed E-state index contributed by atoms with van der Waals surface area (Å²) in [5, 5.41) is 12.9. The quantitative estimate of drug-likeness (QED) is 0.552. The number of aromatic nitrogens is 4. The maximum absolute atomic E-state index is 12.3. The molecule has 7 nitrogen and oxygen atoms in total. The fourth-order valence-electron chi connectivity index (χ4n) is 2.58. The smallest absolute Gasteiger partial charge is 0.230 e. The van der Waals surface area contributed by atoms with Crippen molar-refractivity contribution in [1.29, 1.82) is 0 Å². The zero-order valence-corrected chi connectivity index (χ0v) is 18.1. The second kappa shape index (κ2) is 9.87. The predicted molar refractivity (Wildman–Crippen MR) is 115 cm³/mol. The van der Waals surface area contributed by atoms with Crippen molar-refractivity contribution >= 4 is 29.3 Å². The number of nitrogens with one attached hydrogen (secondary N) is 1. The molecule has 1 amide bonds. The largest absolute Gasteiger partial charge is 0.350 e. The number of hydrogen-bond acceptors (Lipinski definition) is 6. The lowest BCUT2D eigenvalue weighted by Crippen LogP contribution is -2.25. The molecule has 0 aliphatic heterocycles. The summed E-state index contributed by atoms with van der Waals surface area (Å²) in [6.07, 6.45) is 1.71. The number of carbonyl (C=O) groups excluding carboxylic acids is 1. The average Bonchev–Trinajstić information content (AvgIpc) is 3.15. The van der Waals surface area contributed by atoms with E-state index in [9.17, 15) is 4.79 Å². The molecular weight excluding hydrogens is 408 g/mol. The van der Waals surface area contributed by atoms with Gasteiger partial charge >= 0.3 is 0 Å². The Morgan fingerprint density at radius 1 is 1.21 bits per heavy atom. The molecule has 2 heterocycles. The van der Waals surface area contributed by atoms with Crippen molar-refractivity contribution in [2.45, 2.75) is 24.7 Å². The minimum Gasteiger partial charge on any atom is -0.350 e. The molecule has 0 saturated carbocycles. The predicted octanol–water partition coefficient (Wildman–Crippen LogP) is 3.35. The number of carbonyl (C=O) groups is 1. The number of pyridine rings is 1. The van der Waals surface area contributed by atoms with Crippen molar-refractivity contribution in [2.75, 3.05) is 19.8 Å². The van der Waals surface area contributed by atoms with E-state index in [0.29, 0.717) is 16.7 Å². The highest BCUT2D eigenvalue weighted by molar-refractivity contribution is 7.99. The Kier molecular flexibility index (Phi) is 7.24. The van der Waals surface area contributed by atoms with Gasteiger partial charge in [0.1, 0.15) is 0 Å². The SMILES string of the molecule is CC(c1nnc(SCC(=O)NCc2ccccn2)n1-c1ccc(Cl)cc1)N(C)C. The van der Waals surface area contributed by atoms with Crippen molar-refractivity contribution in [3.8, 4) is 5.69 Å². The minimum atomic E-state index is -0.0893. The molecule has 3 rings (SSSR count). The first kappa shape index (κ1) is 21.3. The molecule has 2 aromatic heterocycles. The lowest BCUT2D eigenvalue weighted by atomic mass is 10.2. The van der Waals surface area contributed by atoms with Gasteiger partial charge in [-0.2, -0.15) is 0 Å². The van der Waals surface area contributed by atoms with Crippen LogP contribution in [0.4, 0.5) is 0 Å². The fraction of sp³-hybridized carbons (Fsp3) is 0.300. The Morgan fingerprint density at radius 2 is 1.97 bits per heavy atom. The van der Waals surface area contributed by atoms with Crippen molar-refractivity contribution in [1.82, 2.24) is 30.0 Å². The van der Waals surface area contributed by atoms with Gasteiger partial charge in [0, 0.05) is 16.9 Å². The van der Waals surface area contributed by atoms with Crippen LogP contribution in [0.1, 0.15) is 24.5 Å². The molecule has 0 aliphatic carbocycles. The van der Waals surface area contributed by atoms with Crippen LogP contribution in [-0.2, 0) is 11.3 Å². The van der Waals surface area contributed by atoms with Crippen molar-refractivity contribution in [3.63, 3.8) is 0 Å². The molecule has 152 valence electrons. The summed E-state index contributed by atoms with van der Waals surface area (Å²) in [7, 11) is 3.98. The summed E-state index contributed by atoms with van der Waals surface area (Å²) in [6.45, 7) is 2.46. The Labute approximate surface area is 179 Å².